The Kier molecular flexibility index (Phi) is 5.96. The molecule has 0 unspecified atom stereocenters. The van der Waals surface area contributed by atoms with Gasteiger partial charge in [-0.1, -0.05) is 42.1 Å². The Morgan fingerprint density at radius 1 is 1.07 bits per heavy atom. The first kappa shape index (κ1) is 20.3. The lowest BCUT2D eigenvalue weighted by molar-refractivity contribution is -0.113. The number of carbonyl (C=O) groups excluding carboxylic acids is 1. The second-order valence-corrected chi connectivity index (χ2v) is 8.68. The molecular formula is C22H21N5OS2. The highest BCUT2D eigenvalue weighted by Gasteiger charge is 2.14. The molecule has 0 spiro atoms. The molecule has 0 saturated heterocycles. The zero-order valence-corrected chi connectivity index (χ0v) is 18.5. The van der Waals surface area contributed by atoms with Gasteiger partial charge in [-0.2, -0.15) is 0 Å². The van der Waals surface area contributed by atoms with E-state index < -0.39 is 0 Å². The van der Waals surface area contributed by atoms with Crippen molar-refractivity contribution in [1.29, 1.82) is 0 Å². The summed E-state index contributed by atoms with van der Waals surface area (Å²) in [7, 11) is 0. The summed E-state index contributed by atoms with van der Waals surface area (Å²) in [6.45, 7) is 6.07. The molecule has 2 aromatic carbocycles. The van der Waals surface area contributed by atoms with Crippen LogP contribution >= 0.6 is 23.1 Å². The SMILES string of the molecule is Cc1ccc(-c2csc(NC(=O)CSc3nnc(C)n3-c3ccccc3)n2)cc1C. The molecule has 0 aliphatic rings. The van der Waals surface area contributed by atoms with Crippen LogP contribution in [0.4, 0.5) is 5.13 Å². The molecule has 2 aromatic heterocycles. The summed E-state index contributed by atoms with van der Waals surface area (Å²) in [5.41, 5.74) is 5.36. The van der Waals surface area contributed by atoms with Crippen LogP contribution in [0, 0.1) is 20.8 Å². The van der Waals surface area contributed by atoms with Gasteiger partial charge in [0.15, 0.2) is 10.3 Å². The van der Waals surface area contributed by atoms with Gasteiger partial charge in [0.2, 0.25) is 5.91 Å². The molecule has 0 aliphatic heterocycles. The van der Waals surface area contributed by atoms with Crippen molar-refractivity contribution < 1.29 is 4.79 Å². The number of hydrogen-bond acceptors (Lipinski definition) is 6. The Labute approximate surface area is 183 Å². The zero-order valence-electron chi connectivity index (χ0n) is 16.9. The molecule has 152 valence electrons. The van der Waals surface area contributed by atoms with Gasteiger partial charge in [0.25, 0.3) is 0 Å². The van der Waals surface area contributed by atoms with Gasteiger partial charge >= 0.3 is 0 Å². The standard InChI is InChI=1S/C22H21N5OS2/c1-14-9-10-17(11-15(14)2)19-12-29-21(23-19)24-20(28)13-30-22-26-25-16(3)27(22)18-7-5-4-6-8-18/h4-12H,13H2,1-3H3,(H,23,24,28). The van der Waals surface area contributed by atoms with Crippen molar-refractivity contribution in [3.05, 3.63) is 70.9 Å². The molecule has 6 nitrogen and oxygen atoms in total. The number of thioether (sulfide) groups is 1. The lowest BCUT2D eigenvalue weighted by Crippen LogP contribution is -2.14. The normalized spacial score (nSPS) is 10.9. The Bertz CT molecular complexity index is 1180. The molecular weight excluding hydrogens is 414 g/mol. The van der Waals surface area contributed by atoms with Gasteiger partial charge in [-0.15, -0.1) is 21.5 Å². The summed E-state index contributed by atoms with van der Waals surface area (Å²) >= 11 is 2.77. The summed E-state index contributed by atoms with van der Waals surface area (Å²) < 4.78 is 1.94. The van der Waals surface area contributed by atoms with Gasteiger partial charge in [-0.3, -0.25) is 9.36 Å². The second-order valence-electron chi connectivity index (χ2n) is 6.87. The largest absolute Gasteiger partial charge is 0.301 e. The van der Waals surface area contributed by atoms with Crippen molar-refractivity contribution in [1.82, 2.24) is 19.7 Å². The lowest BCUT2D eigenvalue weighted by Gasteiger charge is -2.07. The summed E-state index contributed by atoms with van der Waals surface area (Å²) in [5.74, 6) is 0.882. The van der Waals surface area contributed by atoms with E-state index in [1.54, 1.807) is 0 Å². The van der Waals surface area contributed by atoms with Crippen molar-refractivity contribution in [3.63, 3.8) is 0 Å². The van der Waals surface area contributed by atoms with Gasteiger partial charge < -0.3 is 5.32 Å². The highest BCUT2D eigenvalue weighted by Crippen LogP contribution is 2.27. The smallest absolute Gasteiger partial charge is 0.236 e. The lowest BCUT2D eigenvalue weighted by atomic mass is 10.1. The predicted molar refractivity (Wildman–Crippen MR) is 122 cm³/mol. The topological polar surface area (TPSA) is 72.7 Å². The van der Waals surface area contributed by atoms with E-state index in [4.69, 9.17) is 0 Å². The highest BCUT2D eigenvalue weighted by atomic mass is 32.2. The number of nitrogens with one attached hydrogen (secondary N) is 1. The molecule has 30 heavy (non-hydrogen) atoms. The van der Waals surface area contributed by atoms with E-state index in [0.717, 1.165) is 22.8 Å². The summed E-state index contributed by atoms with van der Waals surface area (Å²) in [5, 5.41) is 14.5. The van der Waals surface area contributed by atoms with Crippen molar-refractivity contribution in [2.75, 3.05) is 11.1 Å². The molecule has 1 N–H and O–H groups in total. The molecule has 1 amide bonds. The predicted octanol–water partition coefficient (Wildman–Crippen LogP) is 5.05. The minimum atomic E-state index is -0.124. The maximum Gasteiger partial charge on any atom is 0.236 e. The van der Waals surface area contributed by atoms with Crippen molar-refractivity contribution >= 4 is 34.1 Å². The van der Waals surface area contributed by atoms with Gasteiger partial charge in [0, 0.05) is 16.6 Å². The van der Waals surface area contributed by atoms with E-state index in [9.17, 15) is 4.79 Å². The van der Waals surface area contributed by atoms with Crippen LogP contribution in [-0.4, -0.2) is 31.4 Å². The minimum Gasteiger partial charge on any atom is -0.301 e. The molecule has 2 heterocycles. The van der Waals surface area contributed by atoms with Crippen LogP contribution < -0.4 is 5.32 Å². The maximum absolute atomic E-state index is 12.5. The zero-order chi connectivity index (χ0) is 21.1. The van der Waals surface area contributed by atoms with Crippen molar-refractivity contribution in [2.45, 2.75) is 25.9 Å². The van der Waals surface area contributed by atoms with E-state index >= 15 is 0 Å². The highest BCUT2D eigenvalue weighted by molar-refractivity contribution is 7.99. The molecule has 0 saturated carbocycles. The molecule has 0 aliphatic carbocycles. The maximum atomic E-state index is 12.5. The quantitative estimate of drug-likeness (QED) is 0.429. The number of carbonyl (C=O) groups is 1. The van der Waals surface area contributed by atoms with E-state index in [1.807, 2.05) is 47.2 Å². The van der Waals surface area contributed by atoms with Gasteiger partial charge in [0.05, 0.1) is 11.4 Å². The molecule has 0 atom stereocenters. The minimum absolute atomic E-state index is 0.124. The van der Waals surface area contributed by atoms with Crippen molar-refractivity contribution in [2.24, 2.45) is 0 Å². The number of para-hydroxylation sites is 1. The molecule has 0 bridgehead atoms. The first-order valence-corrected chi connectivity index (χ1v) is 11.3. The Morgan fingerprint density at radius 2 is 1.87 bits per heavy atom. The average Bonchev–Trinajstić information content (AvgIpc) is 3.35. The van der Waals surface area contributed by atoms with Crippen LogP contribution in [0.1, 0.15) is 17.0 Å². The fraction of sp³-hybridized carbons (Fsp3) is 0.182. The van der Waals surface area contributed by atoms with Crippen molar-refractivity contribution in [3.8, 4) is 16.9 Å². The van der Waals surface area contributed by atoms with Crippen LogP contribution in [0.25, 0.3) is 16.9 Å². The van der Waals surface area contributed by atoms with Gasteiger partial charge in [-0.05, 0) is 50.1 Å². The number of nitrogens with zero attached hydrogens (tertiary/aromatic N) is 4. The molecule has 8 heteroatoms. The molecule has 4 rings (SSSR count). The molecule has 4 aromatic rings. The third-order valence-electron chi connectivity index (χ3n) is 4.70. The Morgan fingerprint density at radius 3 is 2.63 bits per heavy atom. The van der Waals surface area contributed by atoms with Crippen LogP contribution in [0.2, 0.25) is 0 Å². The summed E-state index contributed by atoms with van der Waals surface area (Å²) in [4.78, 5) is 17.0. The van der Waals surface area contributed by atoms with Crippen LogP contribution in [-0.2, 0) is 4.79 Å². The number of thiazole rings is 1. The van der Waals surface area contributed by atoms with Crippen LogP contribution in [0.3, 0.4) is 0 Å². The number of amides is 1. The number of rotatable bonds is 6. The van der Waals surface area contributed by atoms with Gasteiger partial charge in [-0.25, -0.2) is 4.98 Å². The van der Waals surface area contributed by atoms with Crippen LogP contribution in [0.15, 0.2) is 59.1 Å². The summed E-state index contributed by atoms with van der Waals surface area (Å²) in [6, 6.07) is 16.1. The fourth-order valence-electron chi connectivity index (χ4n) is 2.96. The van der Waals surface area contributed by atoms with E-state index in [0.29, 0.717) is 10.3 Å². The third-order valence-corrected chi connectivity index (χ3v) is 6.38. The molecule has 0 radical (unpaired) electrons. The number of aromatic nitrogens is 4. The van der Waals surface area contributed by atoms with E-state index in [-0.39, 0.29) is 11.7 Å². The Hall–Kier alpha value is -2.97. The number of anilines is 1. The summed E-state index contributed by atoms with van der Waals surface area (Å²) in [6.07, 6.45) is 0. The first-order chi connectivity index (χ1) is 14.5. The van der Waals surface area contributed by atoms with Crippen LogP contribution in [0.5, 0.6) is 0 Å². The average molecular weight is 436 g/mol. The monoisotopic (exact) mass is 435 g/mol. The third kappa shape index (κ3) is 4.44. The van der Waals surface area contributed by atoms with Gasteiger partial charge in [0.1, 0.15) is 5.82 Å². The first-order valence-electron chi connectivity index (χ1n) is 9.44. The van der Waals surface area contributed by atoms with E-state index in [2.05, 4.69) is 52.5 Å². The number of hydrogen-bond donors (Lipinski definition) is 1. The Balaban J connectivity index is 1.41. The second kappa shape index (κ2) is 8.81. The van der Waals surface area contributed by atoms with E-state index in [1.165, 1.54) is 34.2 Å². The fourth-order valence-corrected chi connectivity index (χ4v) is 4.49. The number of benzene rings is 2. The number of aryl methyl sites for hydroxylation is 3. The molecule has 0 fully saturated rings.